The van der Waals surface area contributed by atoms with Gasteiger partial charge in [-0.2, -0.15) is 0 Å². The first-order valence-corrected chi connectivity index (χ1v) is 8.62. The topological polar surface area (TPSA) is 46.5 Å². The lowest BCUT2D eigenvalue weighted by Gasteiger charge is -2.12. The second-order valence-corrected chi connectivity index (χ2v) is 6.18. The number of aliphatic carboxylic acids is 1. The highest BCUT2D eigenvalue weighted by Crippen LogP contribution is 2.23. The summed E-state index contributed by atoms with van der Waals surface area (Å²) in [6, 6.07) is 22.7. The first-order chi connectivity index (χ1) is 12.2. The third-order valence-electron chi connectivity index (χ3n) is 4.27. The van der Waals surface area contributed by atoms with Gasteiger partial charge >= 0.3 is 5.97 Å². The van der Waals surface area contributed by atoms with E-state index in [0.717, 1.165) is 29.7 Å². The van der Waals surface area contributed by atoms with Crippen molar-refractivity contribution in [2.24, 2.45) is 0 Å². The average Bonchev–Trinajstić information content (AvgIpc) is 2.64. The number of para-hydroxylation sites is 1. The maximum atomic E-state index is 10.6. The van der Waals surface area contributed by atoms with Crippen LogP contribution in [0.25, 0.3) is 10.8 Å². The van der Waals surface area contributed by atoms with Gasteiger partial charge in [-0.25, -0.2) is 0 Å². The van der Waals surface area contributed by atoms with E-state index in [1.54, 1.807) is 0 Å². The van der Waals surface area contributed by atoms with Crippen LogP contribution in [0.15, 0.2) is 66.7 Å². The summed E-state index contributed by atoms with van der Waals surface area (Å²) in [6.45, 7) is 0.525. The van der Waals surface area contributed by atoms with Gasteiger partial charge in [0.25, 0.3) is 0 Å². The van der Waals surface area contributed by atoms with E-state index in [1.807, 2.05) is 30.3 Å². The molecule has 3 rings (SSSR count). The molecule has 0 atom stereocenters. The molecule has 0 unspecified atom stereocenters. The van der Waals surface area contributed by atoms with Gasteiger partial charge in [-0.05, 0) is 53.3 Å². The number of ether oxygens (including phenoxy) is 1. The lowest BCUT2D eigenvalue weighted by Crippen LogP contribution is -2.00. The van der Waals surface area contributed by atoms with E-state index in [-0.39, 0.29) is 6.42 Å². The van der Waals surface area contributed by atoms with Gasteiger partial charge in [0.2, 0.25) is 0 Å². The molecule has 0 aliphatic rings. The number of fused-ring (bicyclic) bond motifs is 1. The predicted octanol–water partition coefficient (Wildman–Crippen LogP) is 5.22. The van der Waals surface area contributed by atoms with Gasteiger partial charge in [0, 0.05) is 6.42 Å². The number of benzene rings is 3. The van der Waals surface area contributed by atoms with Crippen molar-refractivity contribution in [2.45, 2.75) is 32.3 Å². The summed E-state index contributed by atoms with van der Waals surface area (Å²) in [5.74, 6) is 0.145. The first-order valence-electron chi connectivity index (χ1n) is 8.62. The predicted molar refractivity (Wildman–Crippen MR) is 99.9 cm³/mol. The zero-order valence-electron chi connectivity index (χ0n) is 14.2. The summed E-state index contributed by atoms with van der Waals surface area (Å²) in [6.07, 6.45) is 2.60. The molecule has 0 aromatic heterocycles. The van der Waals surface area contributed by atoms with Crippen LogP contribution in [0, 0.1) is 0 Å². The fourth-order valence-electron chi connectivity index (χ4n) is 2.93. The molecule has 3 nitrogen and oxygen atoms in total. The average molecular weight is 334 g/mol. The SMILES string of the molecule is O=C(O)CCCCc1ccccc1OCc1ccc2ccccc2c1. The number of aryl methyl sites for hydroxylation is 1. The number of hydrogen-bond acceptors (Lipinski definition) is 2. The normalized spacial score (nSPS) is 10.7. The first kappa shape index (κ1) is 17.0. The van der Waals surface area contributed by atoms with E-state index in [9.17, 15) is 4.79 Å². The zero-order chi connectivity index (χ0) is 17.5. The van der Waals surface area contributed by atoms with E-state index >= 15 is 0 Å². The molecule has 128 valence electrons. The standard InChI is InChI=1S/C22H22O3/c23-22(24)12-6-4-9-19-8-3-5-11-21(19)25-16-17-13-14-18-7-1-2-10-20(18)15-17/h1-3,5,7-8,10-11,13-15H,4,6,9,12,16H2,(H,23,24). The Hall–Kier alpha value is -2.81. The molecule has 0 bridgehead atoms. The Balaban J connectivity index is 1.62. The van der Waals surface area contributed by atoms with Crippen molar-refractivity contribution in [1.29, 1.82) is 0 Å². The second kappa shape index (κ2) is 8.34. The molecule has 0 heterocycles. The smallest absolute Gasteiger partial charge is 0.303 e. The molecule has 0 radical (unpaired) electrons. The Bertz CT molecular complexity index is 855. The molecule has 3 heteroatoms. The number of unbranched alkanes of at least 4 members (excludes halogenated alkanes) is 1. The van der Waals surface area contributed by atoms with E-state index in [0.29, 0.717) is 13.0 Å². The minimum Gasteiger partial charge on any atom is -0.489 e. The van der Waals surface area contributed by atoms with Crippen molar-refractivity contribution in [3.05, 3.63) is 77.9 Å². The van der Waals surface area contributed by atoms with Gasteiger partial charge in [-0.1, -0.05) is 54.6 Å². The maximum absolute atomic E-state index is 10.6. The molecule has 3 aromatic carbocycles. The molecule has 0 fully saturated rings. The van der Waals surface area contributed by atoms with E-state index in [2.05, 4.69) is 36.4 Å². The molecule has 0 saturated carbocycles. The fraction of sp³-hybridized carbons (Fsp3) is 0.227. The number of rotatable bonds is 8. The molecule has 3 aromatic rings. The van der Waals surface area contributed by atoms with Crippen LogP contribution >= 0.6 is 0 Å². The summed E-state index contributed by atoms with van der Waals surface area (Å²) < 4.78 is 6.03. The number of hydrogen-bond donors (Lipinski definition) is 1. The van der Waals surface area contributed by atoms with E-state index in [1.165, 1.54) is 10.8 Å². The van der Waals surface area contributed by atoms with Gasteiger partial charge in [0.1, 0.15) is 12.4 Å². The van der Waals surface area contributed by atoms with Crippen molar-refractivity contribution < 1.29 is 14.6 Å². The molecular weight excluding hydrogens is 312 g/mol. The monoisotopic (exact) mass is 334 g/mol. The molecule has 25 heavy (non-hydrogen) atoms. The summed E-state index contributed by atoms with van der Waals surface area (Å²) >= 11 is 0. The minimum absolute atomic E-state index is 0.222. The van der Waals surface area contributed by atoms with Gasteiger partial charge in [-0.15, -0.1) is 0 Å². The molecular formula is C22H22O3. The van der Waals surface area contributed by atoms with Gasteiger partial charge in [0.05, 0.1) is 0 Å². The summed E-state index contributed by atoms with van der Waals surface area (Å²) in [4.78, 5) is 10.6. The van der Waals surface area contributed by atoms with Crippen molar-refractivity contribution in [1.82, 2.24) is 0 Å². The molecule has 0 spiro atoms. The molecule has 0 amide bonds. The minimum atomic E-state index is -0.735. The van der Waals surface area contributed by atoms with Crippen LogP contribution in [0.4, 0.5) is 0 Å². The van der Waals surface area contributed by atoms with Crippen molar-refractivity contribution in [2.75, 3.05) is 0 Å². The number of carboxylic acid groups (broad SMARTS) is 1. The van der Waals surface area contributed by atoms with Gasteiger partial charge in [-0.3, -0.25) is 4.79 Å². The highest BCUT2D eigenvalue weighted by Gasteiger charge is 2.05. The second-order valence-electron chi connectivity index (χ2n) is 6.18. The van der Waals surface area contributed by atoms with Crippen LogP contribution in [0.5, 0.6) is 5.75 Å². The molecule has 0 aliphatic heterocycles. The van der Waals surface area contributed by atoms with E-state index in [4.69, 9.17) is 9.84 Å². The van der Waals surface area contributed by atoms with Crippen LogP contribution < -0.4 is 4.74 Å². The summed E-state index contributed by atoms with van der Waals surface area (Å²) in [7, 11) is 0. The highest BCUT2D eigenvalue weighted by molar-refractivity contribution is 5.82. The van der Waals surface area contributed by atoms with Crippen LogP contribution in [0.2, 0.25) is 0 Å². The van der Waals surface area contributed by atoms with Crippen LogP contribution in [-0.2, 0) is 17.8 Å². The van der Waals surface area contributed by atoms with Gasteiger partial charge < -0.3 is 9.84 Å². The van der Waals surface area contributed by atoms with Crippen molar-refractivity contribution in [3.8, 4) is 5.75 Å². The van der Waals surface area contributed by atoms with Crippen molar-refractivity contribution >= 4 is 16.7 Å². The Morgan fingerprint density at radius 1 is 0.880 bits per heavy atom. The summed E-state index contributed by atoms with van der Waals surface area (Å²) in [5, 5.41) is 11.2. The molecule has 0 saturated heterocycles. The van der Waals surface area contributed by atoms with E-state index < -0.39 is 5.97 Å². The largest absolute Gasteiger partial charge is 0.489 e. The third kappa shape index (κ3) is 4.83. The molecule has 1 N–H and O–H groups in total. The molecule has 0 aliphatic carbocycles. The van der Waals surface area contributed by atoms with Gasteiger partial charge in [0.15, 0.2) is 0 Å². The number of carbonyl (C=O) groups is 1. The Morgan fingerprint density at radius 3 is 2.48 bits per heavy atom. The lowest BCUT2D eigenvalue weighted by atomic mass is 10.1. The summed E-state index contributed by atoms with van der Waals surface area (Å²) in [5.41, 5.74) is 2.27. The van der Waals surface area contributed by atoms with Crippen LogP contribution in [0.1, 0.15) is 30.4 Å². The third-order valence-corrected chi connectivity index (χ3v) is 4.27. The maximum Gasteiger partial charge on any atom is 0.303 e. The Labute approximate surface area is 147 Å². The quantitative estimate of drug-likeness (QED) is 0.575. The van der Waals surface area contributed by atoms with Crippen molar-refractivity contribution in [3.63, 3.8) is 0 Å². The number of carboxylic acids is 1. The van der Waals surface area contributed by atoms with Crippen LogP contribution in [0.3, 0.4) is 0 Å². The zero-order valence-corrected chi connectivity index (χ0v) is 14.2. The lowest BCUT2D eigenvalue weighted by molar-refractivity contribution is -0.137. The van der Waals surface area contributed by atoms with Crippen LogP contribution in [-0.4, -0.2) is 11.1 Å². The highest BCUT2D eigenvalue weighted by atomic mass is 16.5. The Morgan fingerprint density at radius 2 is 1.64 bits per heavy atom. The fourth-order valence-corrected chi connectivity index (χ4v) is 2.93. The Kier molecular flexibility index (Phi) is 5.68.